The summed E-state index contributed by atoms with van der Waals surface area (Å²) in [6, 6.07) is 6.23. The molecule has 2 rings (SSSR count). The van der Waals surface area contributed by atoms with E-state index < -0.39 is 0 Å². The number of halogens is 2. The topological polar surface area (TPSA) is 40.7 Å². The SMILES string of the molecule is CCC(NC(C)c1cn[nH]c1)c1ccc(Cl)c(Cl)c1. The fraction of sp³-hybridized carbons (Fsp3) is 0.357. The van der Waals surface area contributed by atoms with Crippen LogP contribution in [0.25, 0.3) is 0 Å². The fourth-order valence-corrected chi connectivity index (χ4v) is 2.38. The number of nitrogens with zero attached hydrogens (tertiary/aromatic N) is 1. The minimum absolute atomic E-state index is 0.221. The van der Waals surface area contributed by atoms with E-state index in [2.05, 4.69) is 29.4 Å². The zero-order valence-electron chi connectivity index (χ0n) is 11.0. The van der Waals surface area contributed by atoms with Crippen LogP contribution in [0.15, 0.2) is 30.6 Å². The maximum atomic E-state index is 6.08. The Bertz CT molecular complexity index is 525. The van der Waals surface area contributed by atoms with Gasteiger partial charge < -0.3 is 5.32 Å². The number of rotatable bonds is 5. The summed E-state index contributed by atoms with van der Waals surface area (Å²) in [6.45, 7) is 4.26. The molecular weight excluding hydrogens is 281 g/mol. The molecule has 0 saturated carbocycles. The third-order valence-corrected chi connectivity index (χ3v) is 3.96. The monoisotopic (exact) mass is 297 g/mol. The Labute approximate surface area is 123 Å². The van der Waals surface area contributed by atoms with Crippen molar-refractivity contribution in [2.45, 2.75) is 32.4 Å². The Morgan fingerprint density at radius 2 is 2.05 bits per heavy atom. The van der Waals surface area contributed by atoms with Crippen LogP contribution in [0.5, 0.6) is 0 Å². The van der Waals surface area contributed by atoms with E-state index in [1.807, 2.05) is 30.6 Å². The van der Waals surface area contributed by atoms with Gasteiger partial charge in [-0.1, -0.05) is 36.2 Å². The lowest BCUT2D eigenvalue weighted by Gasteiger charge is -2.22. The highest BCUT2D eigenvalue weighted by atomic mass is 35.5. The lowest BCUT2D eigenvalue weighted by atomic mass is 10.0. The number of nitrogens with one attached hydrogen (secondary N) is 2. The second-order valence-electron chi connectivity index (χ2n) is 4.55. The van der Waals surface area contributed by atoms with Gasteiger partial charge in [-0.15, -0.1) is 0 Å². The van der Waals surface area contributed by atoms with Gasteiger partial charge in [0.15, 0.2) is 0 Å². The molecule has 2 unspecified atom stereocenters. The first kappa shape index (κ1) is 14.4. The van der Waals surface area contributed by atoms with E-state index in [1.165, 1.54) is 0 Å². The summed E-state index contributed by atoms with van der Waals surface area (Å²) in [5.74, 6) is 0. The van der Waals surface area contributed by atoms with Crippen molar-refractivity contribution in [2.24, 2.45) is 0 Å². The Balaban J connectivity index is 2.13. The van der Waals surface area contributed by atoms with Crippen LogP contribution in [-0.4, -0.2) is 10.2 Å². The maximum Gasteiger partial charge on any atom is 0.0595 e. The third-order valence-electron chi connectivity index (χ3n) is 3.22. The number of hydrogen-bond acceptors (Lipinski definition) is 2. The Morgan fingerprint density at radius 3 is 2.63 bits per heavy atom. The molecule has 5 heteroatoms. The predicted molar refractivity (Wildman–Crippen MR) is 79.6 cm³/mol. The zero-order chi connectivity index (χ0) is 13.8. The highest BCUT2D eigenvalue weighted by Gasteiger charge is 2.15. The van der Waals surface area contributed by atoms with Gasteiger partial charge >= 0.3 is 0 Å². The lowest BCUT2D eigenvalue weighted by Crippen LogP contribution is -2.24. The van der Waals surface area contributed by atoms with Gasteiger partial charge in [-0.05, 0) is 31.0 Å². The van der Waals surface area contributed by atoms with Crippen LogP contribution in [0.2, 0.25) is 10.0 Å². The molecule has 0 aliphatic rings. The van der Waals surface area contributed by atoms with Crippen molar-refractivity contribution in [1.29, 1.82) is 0 Å². The molecule has 1 aromatic carbocycles. The normalized spacial score (nSPS) is 14.3. The van der Waals surface area contributed by atoms with E-state index in [9.17, 15) is 0 Å². The molecule has 1 heterocycles. The van der Waals surface area contributed by atoms with Crippen LogP contribution < -0.4 is 5.32 Å². The number of H-pyrrole nitrogens is 1. The third kappa shape index (κ3) is 3.50. The van der Waals surface area contributed by atoms with Gasteiger partial charge in [0, 0.05) is 23.8 Å². The number of hydrogen-bond donors (Lipinski definition) is 2. The predicted octanol–water partition coefficient (Wildman–Crippen LogP) is 4.52. The van der Waals surface area contributed by atoms with E-state index in [-0.39, 0.29) is 12.1 Å². The molecule has 0 saturated heterocycles. The summed E-state index contributed by atoms with van der Waals surface area (Å²) in [6.07, 6.45) is 4.71. The van der Waals surface area contributed by atoms with Crippen LogP contribution in [0.4, 0.5) is 0 Å². The van der Waals surface area contributed by atoms with Gasteiger partial charge in [0.2, 0.25) is 0 Å². The minimum atomic E-state index is 0.221. The average Bonchev–Trinajstić information content (AvgIpc) is 2.93. The second-order valence-corrected chi connectivity index (χ2v) is 5.37. The second kappa shape index (κ2) is 6.42. The lowest BCUT2D eigenvalue weighted by molar-refractivity contribution is 0.456. The molecular formula is C14H17Cl2N3. The van der Waals surface area contributed by atoms with E-state index in [0.29, 0.717) is 10.0 Å². The van der Waals surface area contributed by atoms with Crippen LogP contribution >= 0.6 is 23.2 Å². The van der Waals surface area contributed by atoms with E-state index in [0.717, 1.165) is 17.5 Å². The number of aromatic nitrogens is 2. The highest BCUT2D eigenvalue weighted by molar-refractivity contribution is 6.42. The summed E-state index contributed by atoms with van der Waals surface area (Å²) < 4.78 is 0. The summed E-state index contributed by atoms with van der Waals surface area (Å²) in [5, 5.41) is 11.6. The van der Waals surface area contributed by atoms with Gasteiger partial charge in [-0.25, -0.2) is 0 Å². The quantitative estimate of drug-likeness (QED) is 0.852. The molecule has 2 N–H and O–H groups in total. The molecule has 0 amide bonds. The smallest absolute Gasteiger partial charge is 0.0595 e. The van der Waals surface area contributed by atoms with Crippen molar-refractivity contribution in [3.8, 4) is 0 Å². The van der Waals surface area contributed by atoms with Gasteiger partial charge in [-0.3, -0.25) is 5.10 Å². The van der Waals surface area contributed by atoms with E-state index >= 15 is 0 Å². The summed E-state index contributed by atoms with van der Waals surface area (Å²) in [5.41, 5.74) is 2.28. The summed E-state index contributed by atoms with van der Waals surface area (Å²) in [4.78, 5) is 0. The van der Waals surface area contributed by atoms with Gasteiger partial charge in [-0.2, -0.15) is 5.10 Å². The molecule has 19 heavy (non-hydrogen) atoms. The molecule has 2 atom stereocenters. The molecule has 0 bridgehead atoms. The first-order valence-electron chi connectivity index (χ1n) is 6.31. The molecule has 1 aromatic heterocycles. The molecule has 0 spiro atoms. The van der Waals surface area contributed by atoms with Gasteiger partial charge in [0.05, 0.1) is 16.2 Å². The van der Waals surface area contributed by atoms with Crippen LogP contribution in [0.3, 0.4) is 0 Å². The average molecular weight is 298 g/mol. The molecule has 0 fully saturated rings. The highest BCUT2D eigenvalue weighted by Crippen LogP contribution is 2.28. The molecule has 0 radical (unpaired) electrons. The summed E-state index contributed by atoms with van der Waals surface area (Å²) in [7, 11) is 0. The van der Waals surface area contributed by atoms with Gasteiger partial charge in [0.25, 0.3) is 0 Å². The van der Waals surface area contributed by atoms with Crippen molar-refractivity contribution < 1.29 is 0 Å². The standard InChI is InChI=1S/C14H17Cl2N3/c1-3-14(10-4-5-12(15)13(16)6-10)19-9(2)11-7-17-18-8-11/h4-9,14,19H,3H2,1-2H3,(H,17,18). The first-order valence-corrected chi connectivity index (χ1v) is 7.07. The largest absolute Gasteiger partial charge is 0.303 e. The van der Waals surface area contributed by atoms with Crippen LogP contribution in [-0.2, 0) is 0 Å². The van der Waals surface area contributed by atoms with E-state index in [4.69, 9.17) is 23.2 Å². The van der Waals surface area contributed by atoms with Crippen molar-refractivity contribution >= 4 is 23.2 Å². The van der Waals surface area contributed by atoms with Crippen molar-refractivity contribution in [1.82, 2.24) is 15.5 Å². The number of aromatic amines is 1. The van der Waals surface area contributed by atoms with Crippen molar-refractivity contribution in [3.63, 3.8) is 0 Å². The molecule has 0 aliphatic carbocycles. The van der Waals surface area contributed by atoms with E-state index in [1.54, 1.807) is 0 Å². The molecule has 102 valence electrons. The van der Waals surface area contributed by atoms with Crippen molar-refractivity contribution in [2.75, 3.05) is 0 Å². The van der Waals surface area contributed by atoms with Crippen molar-refractivity contribution in [3.05, 3.63) is 51.8 Å². The maximum absolute atomic E-state index is 6.08. The molecule has 3 nitrogen and oxygen atoms in total. The number of benzene rings is 1. The Kier molecular flexibility index (Phi) is 4.86. The van der Waals surface area contributed by atoms with Crippen LogP contribution in [0, 0.1) is 0 Å². The fourth-order valence-electron chi connectivity index (χ4n) is 2.07. The Hall–Kier alpha value is -1.03. The van der Waals surface area contributed by atoms with Gasteiger partial charge in [0.1, 0.15) is 0 Å². The molecule has 2 aromatic rings. The first-order chi connectivity index (χ1) is 9.11. The zero-order valence-corrected chi connectivity index (χ0v) is 12.5. The molecule has 0 aliphatic heterocycles. The minimum Gasteiger partial charge on any atom is -0.303 e. The van der Waals surface area contributed by atoms with Crippen LogP contribution in [0.1, 0.15) is 43.5 Å². The Morgan fingerprint density at radius 1 is 1.26 bits per heavy atom. The summed E-state index contributed by atoms with van der Waals surface area (Å²) >= 11 is 12.0.